The van der Waals surface area contributed by atoms with Gasteiger partial charge >= 0.3 is 6.03 Å². The monoisotopic (exact) mass is 166 g/mol. The molecular formula is C6H2N2O2S. The molecule has 0 radical (unpaired) electrons. The summed E-state index contributed by atoms with van der Waals surface area (Å²) in [6.07, 6.45) is 2.78. The Balaban J connectivity index is 2.47. The average molecular weight is 166 g/mol. The van der Waals surface area contributed by atoms with Gasteiger partial charge in [-0.3, -0.25) is 4.79 Å². The molecule has 0 aliphatic carbocycles. The van der Waals surface area contributed by atoms with Crippen molar-refractivity contribution in [2.75, 3.05) is 0 Å². The van der Waals surface area contributed by atoms with Crippen molar-refractivity contribution >= 4 is 34.2 Å². The van der Waals surface area contributed by atoms with Gasteiger partial charge in [-0.1, -0.05) is 0 Å². The van der Waals surface area contributed by atoms with Crippen LogP contribution in [0.1, 0.15) is 0 Å². The topological polar surface area (TPSA) is 58.9 Å². The summed E-state index contributed by atoms with van der Waals surface area (Å²) in [5, 5.41) is 0.370. The van der Waals surface area contributed by atoms with Gasteiger partial charge < -0.3 is 0 Å². The van der Waals surface area contributed by atoms with Gasteiger partial charge in [-0.05, 0) is 11.8 Å². The van der Waals surface area contributed by atoms with Gasteiger partial charge in [-0.2, -0.15) is 9.98 Å². The normalized spacial score (nSPS) is 21.5. The number of amides is 2. The number of rotatable bonds is 0. The van der Waals surface area contributed by atoms with Gasteiger partial charge in [0.25, 0.3) is 0 Å². The van der Waals surface area contributed by atoms with Gasteiger partial charge in [0.15, 0.2) is 0 Å². The van der Waals surface area contributed by atoms with E-state index in [1.54, 1.807) is 0 Å². The van der Waals surface area contributed by atoms with E-state index in [9.17, 15) is 9.59 Å². The maximum absolute atomic E-state index is 10.7. The van der Waals surface area contributed by atoms with Crippen molar-refractivity contribution in [3.05, 3.63) is 11.6 Å². The summed E-state index contributed by atoms with van der Waals surface area (Å²) in [5.74, 6) is 0. The molecule has 2 aliphatic heterocycles. The van der Waals surface area contributed by atoms with E-state index >= 15 is 0 Å². The van der Waals surface area contributed by atoms with Crippen molar-refractivity contribution in [2.45, 2.75) is 0 Å². The van der Waals surface area contributed by atoms with E-state index in [1.165, 1.54) is 12.3 Å². The fourth-order valence-corrected chi connectivity index (χ4v) is 1.52. The van der Waals surface area contributed by atoms with Crippen LogP contribution in [0, 0.1) is 0 Å². The van der Waals surface area contributed by atoms with Crippen LogP contribution >= 0.6 is 11.8 Å². The van der Waals surface area contributed by atoms with Crippen LogP contribution in [0.4, 0.5) is 4.79 Å². The Morgan fingerprint density at radius 1 is 1.36 bits per heavy atom. The zero-order chi connectivity index (χ0) is 7.84. The number of hydrogen-bond donors (Lipinski definition) is 0. The first-order valence-electron chi connectivity index (χ1n) is 2.86. The maximum atomic E-state index is 10.7. The standard InChI is InChI=1S/C6H2N2O2S/c9-4-1-3-2-7-6(10)8-5(3)11-4/h1-2H. The molecule has 0 N–H and O–H groups in total. The Morgan fingerprint density at radius 3 is 3.00 bits per heavy atom. The molecule has 2 rings (SSSR count). The quantitative estimate of drug-likeness (QED) is 0.534. The van der Waals surface area contributed by atoms with Crippen molar-refractivity contribution in [1.82, 2.24) is 0 Å². The van der Waals surface area contributed by atoms with E-state index in [1.807, 2.05) is 0 Å². The molecule has 0 bridgehead atoms. The fourth-order valence-electron chi connectivity index (χ4n) is 0.793. The molecule has 0 unspecified atom stereocenters. The number of fused-ring (bicyclic) bond motifs is 1. The lowest BCUT2D eigenvalue weighted by atomic mass is 10.3. The lowest BCUT2D eigenvalue weighted by molar-refractivity contribution is -0.106. The van der Waals surface area contributed by atoms with Crippen molar-refractivity contribution in [1.29, 1.82) is 0 Å². The van der Waals surface area contributed by atoms with E-state index in [0.717, 1.165) is 11.8 Å². The van der Waals surface area contributed by atoms with E-state index < -0.39 is 6.03 Å². The third kappa shape index (κ3) is 1.03. The number of nitrogens with zero attached hydrogens (tertiary/aromatic N) is 2. The Labute approximate surface area is 66.1 Å². The molecule has 4 nitrogen and oxygen atoms in total. The van der Waals surface area contributed by atoms with E-state index in [2.05, 4.69) is 9.98 Å². The molecule has 0 saturated carbocycles. The largest absolute Gasteiger partial charge is 0.368 e. The summed E-state index contributed by atoms with van der Waals surface area (Å²) < 4.78 is 0. The minimum atomic E-state index is -0.542. The van der Waals surface area contributed by atoms with Gasteiger partial charge in [0.2, 0.25) is 5.12 Å². The first kappa shape index (κ1) is 6.48. The third-order valence-corrected chi connectivity index (χ3v) is 2.07. The van der Waals surface area contributed by atoms with E-state index in [-0.39, 0.29) is 5.12 Å². The summed E-state index contributed by atoms with van der Waals surface area (Å²) in [4.78, 5) is 28.3. The smallest absolute Gasteiger partial charge is 0.282 e. The molecule has 0 spiro atoms. The van der Waals surface area contributed by atoms with Gasteiger partial charge in [0, 0.05) is 17.9 Å². The van der Waals surface area contributed by atoms with Crippen molar-refractivity contribution in [2.24, 2.45) is 9.98 Å². The predicted octanol–water partition coefficient (Wildman–Crippen LogP) is 0.789. The van der Waals surface area contributed by atoms with E-state index in [0.29, 0.717) is 10.6 Å². The molecule has 54 valence electrons. The number of carbonyl (C=O) groups is 2. The third-order valence-electron chi connectivity index (χ3n) is 1.23. The summed E-state index contributed by atoms with van der Waals surface area (Å²) in [6, 6.07) is -0.542. The maximum Gasteiger partial charge on any atom is 0.368 e. The molecule has 0 aromatic heterocycles. The molecule has 2 amide bonds. The second kappa shape index (κ2) is 2.13. The van der Waals surface area contributed by atoms with Crippen LogP contribution in [0.15, 0.2) is 21.6 Å². The van der Waals surface area contributed by atoms with Crippen LogP contribution in [-0.4, -0.2) is 22.4 Å². The lowest BCUT2D eigenvalue weighted by Gasteiger charge is -1.98. The highest BCUT2D eigenvalue weighted by atomic mass is 32.2. The van der Waals surface area contributed by atoms with Gasteiger partial charge in [0.05, 0.1) is 0 Å². The van der Waals surface area contributed by atoms with Crippen LogP contribution in [-0.2, 0) is 4.79 Å². The Morgan fingerprint density at radius 2 is 2.18 bits per heavy atom. The number of aliphatic imine (C=N–C) groups is 2. The van der Waals surface area contributed by atoms with E-state index in [4.69, 9.17) is 0 Å². The SMILES string of the molecule is O=C1N=CC2=CC(=O)SC2=N1. The molecule has 2 heterocycles. The average Bonchev–Trinajstić information content (AvgIpc) is 2.27. The van der Waals surface area contributed by atoms with Crippen LogP contribution in [0.25, 0.3) is 0 Å². The Hall–Kier alpha value is -1.23. The van der Waals surface area contributed by atoms with Gasteiger partial charge in [0.1, 0.15) is 5.04 Å². The minimum Gasteiger partial charge on any atom is -0.282 e. The molecule has 0 aromatic rings. The summed E-state index contributed by atoms with van der Waals surface area (Å²) >= 11 is 0.960. The molecule has 5 heteroatoms. The number of thioether (sulfide) groups is 1. The molecule has 0 atom stereocenters. The highest BCUT2D eigenvalue weighted by molar-refractivity contribution is 8.27. The summed E-state index contributed by atoms with van der Waals surface area (Å²) in [6.45, 7) is 0. The lowest BCUT2D eigenvalue weighted by Crippen LogP contribution is -2.04. The first-order valence-corrected chi connectivity index (χ1v) is 3.68. The molecule has 0 fully saturated rings. The number of urea groups is 1. The van der Waals surface area contributed by atoms with Crippen LogP contribution in [0.5, 0.6) is 0 Å². The molecule has 11 heavy (non-hydrogen) atoms. The van der Waals surface area contributed by atoms with Crippen LogP contribution in [0.2, 0.25) is 0 Å². The van der Waals surface area contributed by atoms with Crippen molar-refractivity contribution < 1.29 is 9.59 Å². The number of hydrogen-bond acceptors (Lipinski definition) is 3. The zero-order valence-corrected chi connectivity index (χ0v) is 6.09. The Kier molecular flexibility index (Phi) is 1.25. The highest BCUT2D eigenvalue weighted by Crippen LogP contribution is 2.23. The summed E-state index contributed by atoms with van der Waals surface area (Å²) in [5.41, 5.74) is 0.639. The Bertz CT molecular complexity index is 340. The zero-order valence-electron chi connectivity index (χ0n) is 5.27. The second-order valence-corrected chi connectivity index (χ2v) is 2.97. The highest BCUT2D eigenvalue weighted by Gasteiger charge is 2.23. The van der Waals surface area contributed by atoms with Gasteiger partial charge in [-0.25, -0.2) is 4.79 Å². The first-order chi connectivity index (χ1) is 5.25. The summed E-state index contributed by atoms with van der Waals surface area (Å²) in [7, 11) is 0. The second-order valence-electron chi connectivity index (χ2n) is 1.98. The number of carbonyl (C=O) groups excluding carboxylic acids is 2. The van der Waals surface area contributed by atoms with Crippen molar-refractivity contribution in [3.63, 3.8) is 0 Å². The minimum absolute atomic E-state index is 0.0973. The molecule has 2 aliphatic rings. The molecular weight excluding hydrogens is 164 g/mol. The van der Waals surface area contributed by atoms with Crippen molar-refractivity contribution in [3.8, 4) is 0 Å². The fraction of sp³-hybridized carbons (Fsp3) is 0. The molecule has 0 saturated heterocycles. The molecule has 0 aromatic carbocycles. The predicted molar refractivity (Wildman–Crippen MR) is 42.0 cm³/mol. The van der Waals surface area contributed by atoms with Crippen LogP contribution in [0.3, 0.4) is 0 Å². The van der Waals surface area contributed by atoms with Crippen LogP contribution < -0.4 is 0 Å². The van der Waals surface area contributed by atoms with Gasteiger partial charge in [-0.15, -0.1) is 0 Å².